The van der Waals surface area contributed by atoms with Gasteiger partial charge >= 0.3 is 0 Å². The maximum atomic E-state index is 13.9. The number of hydrogen-bond donors (Lipinski definition) is 2. The lowest BCUT2D eigenvalue weighted by molar-refractivity contribution is -0.120. The van der Waals surface area contributed by atoms with Crippen molar-refractivity contribution in [3.8, 4) is 0 Å². The van der Waals surface area contributed by atoms with Crippen LogP contribution >= 0.6 is 0 Å². The first-order valence-corrected chi connectivity index (χ1v) is 8.07. The second kappa shape index (κ2) is 7.12. The summed E-state index contributed by atoms with van der Waals surface area (Å²) in [6, 6.07) is 1.73. The first kappa shape index (κ1) is 16.6. The van der Waals surface area contributed by atoms with Gasteiger partial charge in [-0.15, -0.1) is 0 Å². The monoisotopic (exact) mass is 335 g/mol. The van der Waals surface area contributed by atoms with Gasteiger partial charge in [0.1, 0.15) is 11.9 Å². The molecular formula is C16H22FN5O2. The Morgan fingerprint density at radius 3 is 3.04 bits per heavy atom. The smallest absolute Gasteiger partial charge is 0.226 e. The Kier molecular flexibility index (Phi) is 4.94. The van der Waals surface area contributed by atoms with Crippen LogP contribution in [0.2, 0.25) is 0 Å². The van der Waals surface area contributed by atoms with E-state index in [1.807, 2.05) is 18.7 Å². The van der Waals surface area contributed by atoms with Crippen molar-refractivity contribution in [1.29, 1.82) is 0 Å². The number of likely N-dealkylation sites (tertiary alicyclic amines) is 1. The van der Waals surface area contributed by atoms with Crippen molar-refractivity contribution in [1.82, 2.24) is 25.6 Å². The van der Waals surface area contributed by atoms with Crippen molar-refractivity contribution in [2.75, 3.05) is 13.1 Å². The van der Waals surface area contributed by atoms with Crippen LogP contribution < -0.4 is 5.32 Å². The van der Waals surface area contributed by atoms with Gasteiger partial charge in [0.15, 0.2) is 0 Å². The molecule has 130 valence electrons. The predicted octanol–water partition coefficient (Wildman–Crippen LogP) is 1.29. The van der Waals surface area contributed by atoms with E-state index in [-0.39, 0.29) is 18.4 Å². The van der Waals surface area contributed by atoms with Gasteiger partial charge in [-0.25, -0.2) is 4.39 Å². The highest BCUT2D eigenvalue weighted by Gasteiger charge is 2.33. The molecule has 1 fully saturated rings. The summed E-state index contributed by atoms with van der Waals surface area (Å²) in [6.07, 6.45) is 1.40. The zero-order valence-electron chi connectivity index (χ0n) is 13.9. The molecule has 1 saturated heterocycles. The van der Waals surface area contributed by atoms with E-state index in [9.17, 15) is 9.18 Å². The minimum atomic E-state index is -0.875. The number of nitrogens with zero attached hydrogens (tertiary/aromatic N) is 3. The van der Waals surface area contributed by atoms with Gasteiger partial charge in [-0.1, -0.05) is 5.16 Å². The highest BCUT2D eigenvalue weighted by atomic mass is 19.1. The third-order valence-electron chi connectivity index (χ3n) is 4.46. The summed E-state index contributed by atoms with van der Waals surface area (Å²) in [7, 11) is 0. The fourth-order valence-electron chi connectivity index (χ4n) is 3.11. The Morgan fingerprint density at radius 2 is 2.38 bits per heavy atom. The molecule has 2 aromatic rings. The SMILES string of the molecule is Cc1noc(C)c1CN1C[C@@H](F)C[C@H]1CNC(=O)Cc1ccn[nH]1. The summed E-state index contributed by atoms with van der Waals surface area (Å²) < 4.78 is 19.1. The van der Waals surface area contributed by atoms with E-state index in [4.69, 9.17) is 4.52 Å². The van der Waals surface area contributed by atoms with Crippen LogP contribution in [-0.4, -0.2) is 51.5 Å². The number of aromatic nitrogens is 3. The lowest BCUT2D eigenvalue weighted by atomic mass is 10.1. The number of aromatic amines is 1. The second-order valence-electron chi connectivity index (χ2n) is 6.28. The molecule has 1 amide bonds. The molecule has 0 aromatic carbocycles. The quantitative estimate of drug-likeness (QED) is 0.830. The van der Waals surface area contributed by atoms with Gasteiger partial charge in [0.05, 0.1) is 12.1 Å². The Morgan fingerprint density at radius 1 is 1.54 bits per heavy atom. The molecule has 8 heteroatoms. The molecule has 0 spiro atoms. The number of rotatable bonds is 6. The number of carbonyl (C=O) groups excluding carboxylic acids is 1. The van der Waals surface area contributed by atoms with Gasteiger partial charge in [0.2, 0.25) is 5.91 Å². The van der Waals surface area contributed by atoms with E-state index in [1.54, 1.807) is 12.3 Å². The number of aryl methyl sites for hydroxylation is 2. The van der Waals surface area contributed by atoms with Gasteiger partial charge in [-0.2, -0.15) is 5.10 Å². The number of carbonyl (C=O) groups is 1. The number of halogens is 1. The summed E-state index contributed by atoms with van der Waals surface area (Å²) >= 11 is 0. The Balaban J connectivity index is 1.56. The van der Waals surface area contributed by atoms with E-state index < -0.39 is 6.17 Å². The van der Waals surface area contributed by atoms with Crippen LogP contribution in [0.25, 0.3) is 0 Å². The maximum Gasteiger partial charge on any atom is 0.226 e. The number of alkyl halides is 1. The number of hydrogen-bond acceptors (Lipinski definition) is 5. The van der Waals surface area contributed by atoms with Crippen molar-refractivity contribution in [3.63, 3.8) is 0 Å². The molecule has 3 rings (SSSR count). The largest absolute Gasteiger partial charge is 0.361 e. The topological polar surface area (TPSA) is 87.1 Å². The van der Waals surface area contributed by atoms with Crippen LogP contribution in [0.15, 0.2) is 16.8 Å². The van der Waals surface area contributed by atoms with Crippen LogP contribution in [-0.2, 0) is 17.8 Å². The molecule has 3 heterocycles. The van der Waals surface area contributed by atoms with E-state index in [0.29, 0.717) is 26.1 Å². The van der Waals surface area contributed by atoms with Crippen LogP contribution in [0.5, 0.6) is 0 Å². The normalized spacial score (nSPS) is 21.3. The molecule has 7 nitrogen and oxygen atoms in total. The summed E-state index contributed by atoms with van der Waals surface area (Å²) in [5.41, 5.74) is 2.59. The third kappa shape index (κ3) is 3.81. The zero-order valence-corrected chi connectivity index (χ0v) is 13.9. The molecule has 2 aromatic heterocycles. The molecule has 24 heavy (non-hydrogen) atoms. The van der Waals surface area contributed by atoms with E-state index in [2.05, 4.69) is 20.7 Å². The minimum absolute atomic E-state index is 0.0283. The molecule has 0 saturated carbocycles. The van der Waals surface area contributed by atoms with Gasteiger partial charge in [-0.3, -0.25) is 14.8 Å². The zero-order chi connectivity index (χ0) is 17.1. The fraction of sp³-hybridized carbons (Fsp3) is 0.562. The van der Waals surface area contributed by atoms with Crippen molar-refractivity contribution < 1.29 is 13.7 Å². The number of H-pyrrole nitrogens is 1. The van der Waals surface area contributed by atoms with E-state index in [0.717, 1.165) is 22.7 Å². The van der Waals surface area contributed by atoms with Gasteiger partial charge in [-0.05, 0) is 26.3 Å². The Bertz CT molecular complexity index is 665. The van der Waals surface area contributed by atoms with Crippen molar-refractivity contribution in [3.05, 3.63) is 35.0 Å². The third-order valence-corrected chi connectivity index (χ3v) is 4.46. The standard InChI is InChI=1S/C16H22FN5O2/c1-10-15(11(2)24-21-10)9-22-8-12(17)5-14(22)7-18-16(23)6-13-3-4-19-20-13/h3-4,12,14H,5-9H2,1-2H3,(H,18,23)(H,19,20)/t12-,14-/m0/s1. The molecular weight excluding hydrogens is 313 g/mol. The summed E-state index contributed by atoms with van der Waals surface area (Å²) in [5.74, 6) is 0.663. The minimum Gasteiger partial charge on any atom is -0.361 e. The molecule has 2 N–H and O–H groups in total. The predicted molar refractivity (Wildman–Crippen MR) is 85.0 cm³/mol. The number of amides is 1. The molecule has 0 radical (unpaired) electrons. The first-order valence-electron chi connectivity index (χ1n) is 8.07. The van der Waals surface area contributed by atoms with Crippen LogP contribution in [0.4, 0.5) is 4.39 Å². The molecule has 2 atom stereocenters. The average Bonchev–Trinajstić information content (AvgIpc) is 3.23. The molecule has 1 aliphatic heterocycles. The summed E-state index contributed by atoms with van der Waals surface area (Å²) in [4.78, 5) is 14.0. The van der Waals surface area contributed by atoms with Gasteiger partial charge in [0, 0.05) is 43.1 Å². The number of nitrogens with one attached hydrogen (secondary N) is 2. The van der Waals surface area contributed by atoms with Crippen LogP contribution in [0, 0.1) is 13.8 Å². The second-order valence-corrected chi connectivity index (χ2v) is 6.28. The Hall–Kier alpha value is -2.22. The lowest BCUT2D eigenvalue weighted by Gasteiger charge is -2.24. The van der Waals surface area contributed by atoms with Gasteiger partial charge < -0.3 is 9.84 Å². The van der Waals surface area contributed by atoms with Gasteiger partial charge in [0.25, 0.3) is 0 Å². The fourth-order valence-corrected chi connectivity index (χ4v) is 3.11. The van der Waals surface area contributed by atoms with Crippen molar-refractivity contribution in [2.45, 2.75) is 45.4 Å². The maximum absolute atomic E-state index is 13.9. The summed E-state index contributed by atoms with van der Waals surface area (Å²) in [5, 5.41) is 13.4. The molecule has 0 unspecified atom stereocenters. The first-order chi connectivity index (χ1) is 11.5. The average molecular weight is 335 g/mol. The van der Waals surface area contributed by atoms with E-state index >= 15 is 0 Å². The van der Waals surface area contributed by atoms with E-state index in [1.165, 1.54) is 0 Å². The molecule has 0 bridgehead atoms. The Labute approximate surface area is 139 Å². The molecule has 1 aliphatic rings. The lowest BCUT2D eigenvalue weighted by Crippen LogP contribution is -2.40. The van der Waals surface area contributed by atoms with Crippen LogP contribution in [0.3, 0.4) is 0 Å². The van der Waals surface area contributed by atoms with Crippen molar-refractivity contribution in [2.24, 2.45) is 0 Å². The summed E-state index contributed by atoms with van der Waals surface area (Å²) in [6.45, 7) is 5.13. The van der Waals surface area contributed by atoms with Crippen LogP contribution in [0.1, 0.15) is 29.1 Å². The highest BCUT2D eigenvalue weighted by Crippen LogP contribution is 2.24. The highest BCUT2D eigenvalue weighted by molar-refractivity contribution is 5.78. The van der Waals surface area contributed by atoms with Crippen molar-refractivity contribution >= 4 is 5.91 Å². The molecule has 0 aliphatic carbocycles.